The summed E-state index contributed by atoms with van der Waals surface area (Å²) in [5.74, 6) is -0.954. The van der Waals surface area contributed by atoms with Gasteiger partial charge in [-0.25, -0.2) is 4.79 Å². The van der Waals surface area contributed by atoms with Crippen LogP contribution in [0, 0.1) is 10.1 Å². The van der Waals surface area contributed by atoms with Crippen molar-refractivity contribution in [1.82, 2.24) is 0 Å². The summed E-state index contributed by atoms with van der Waals surface area (Å²) in [7, 11) is 0. The molecule has 1 aromatic rings. The van der Waals surface area contributed by atoms with E-state index < -0.39 is 16.6 Å². The maximum Gasteiger partial charge on any atom is 0.411 e. The molecule has 0 saturated heterocycles. The van der Waals surface area contributed by atoms with Gasteiger partial charge in [0, 0.05) is 4.47 Å². The van der Waals surface area contributed by atoms with Gasteiger partial charge in [0.2, 0.25) is 0 Å². The Kier molecular flexibility index (Phi) is 5.50. The van der Waals surface area contributed by atoms with E-state index in [1.54, 1.807) is 25.1 Å². The van der Waals surface area contributed by atoms with Crippen molar-refractivity contribution in [3.05, 3.63) is 50.2 Å². The monoisotopic (exact) mass is 328 g/mol. The number of hydrogen-bond donors (Lipinski definition) is 1. The van der Waals surface area contributed by atoms with Crippen LogP contribution in [-0.2, 0) is 9.53 Å². The Morgan fingerprint density at radius 1 is 1.47 bits per heavy atom. The molecule has 6 nitrogen and oxygen atoms in total. The number of nitro groups is 1. The number of para-hydroxylation sites is 1. The zero-order valence-electron chi connectivity index (χ0n) is 10.5. The summed E-state index contributed by atoms with van der Waals surface area (Å²) in [4.78, 5) is 21.7. The largest absolute Gasteiger partial charge is 0.458 e. The zero-order chi connectivity index (χ0) is 14.4. The Morgan fingerprint density at radius 2 is 2.11 bits per heavy atom. The molecular weight excluding hydrogens is 316 g/mol. The van der Waals surface area contributed by atoms with Gasteiger partial charge in [0.05, 0.1) is 22.9 Å². The number of halogens is 1. The summed E-state index contributed by atoms with van der Waals surface area (Å²) in [6, 6.07) is 7.10. The number of carbonyl (C=O) groups excluding carboxylic acids is 1. The molecule has 1 rings (SSSR count). The van der Waals surface area contributed by atoms with E-state index in [1.807, 2.05) is 6.07 Å². The molecule has 0 saturated carbocycles. The lowest BCUT2D eigenvalue weighted by molar-refractivity contribution is -0.422. The minimum atomic E-state index is -0.954. The van der Waals surface area contributed by atoms with Crippen molar-refractivity contribution in [2.75, 3.05) is 11.9 Å². The standard InChI is InChI=1S/C12H13BrN2O4/c1-3-19-12(16)11(15(17)18)8(2)14-10-7-5-4-6-9(10)13/h4-7,14H,3H2,1-2H3/b11-8-. The second-order valence-electron chi connectivity index (χ2n) is 3.56. The molecule has 1 N–H and O–H groups in total. The summed E-state index contributed by atoms with van der Waals surface area (Å²) in [6.45, 7) is 3.12. The fourth-order valence-electron chi connectivity index (χ4n) is 1.39. The molecule has 0 bridgehead atoms. The van der Waals surface area contributed by atoms with Crippen LogP contribution in [-0.4, -0.2) is 17.5 Å². The molecule has 1 aromatic carbocycles. The van der Waals surface area contributed by atoms with Crippen molar-refractivity contribution in [1.29, 1.82) is 0 Å². The molecule has 0 heterocycles. The minimum Gasteiger partial charge on any atom is -0.458 e. The Hall–Kier alpha value is -1.89. The number of carbonyl (C=O) groups is 1. The maximum atomic E-state index is 11.5. The van der Waals surface area contributed by atoms with E-state index in [-0.39, 0.29) is 12.3 Å². The van der Waals surface area contributed by atoms with Gasteiger partial charge >= 0.3 is 11.7 Å². The molecule has 0 aromatic heterocycles. The average Bonchev–Trinajstić information content (AvgIpc) is 2.32. The Bertz CT molecular complexity index is 528. The number of ether oxygens (including phenoxy) is 1. The SMILES string of the molecule is CCOC(=O)/C(=C(\C)Nc1ccccc1Br)[N+](=O)[O-]. The van der Waals surface area contributed by atoms with Gasteiger partial charge in [-0.3, -0.25) is 10.1 Å². The quantitative estimate of drug-likeness (QED) is 0.389. The smallest absolute Gasteiger partial charge is 0.411 e. The highest BCUT2D eigenvalue weighted by molar-refractivity contribution is 9.10. The van der Waals surface area contributed by atoms with Crippen molar-refractivity contribution in [2.45, 2.75) is 13.8 Å². The van der Waals surface area contributed by atoms with Gasteiger partial charge < -0.3 is 10.1 Å². The van der Waals surface area contributed by atoms with E-state index >= 15 is 0 Å². The molecule has 0 unspecified atom stereocenters. The Morgan fingerprint density at radius 3 is 2.63 bits per heavy atom. The summed E-state index contributed by atoms with van der Waals surface area (Å²) in [5, 5.41) is 13.7. The topological polar surface area (TPSA) is 81.5 Å². The summed E-state index contributed by atoms with van der Waals surface area (Å²) in [5.41, 5.74) is 0.150. The predicted octanol–water partition coefficient (Wildman–Crippen LogP) is 2.93. The van der Waals surface area contributed by atoms with Crippen LogP contribution in [0.2, 0.25) is 0 Å². The van der Waals surface area contributed by atoms with Crippen LogP contribution in [0.15, 0.2) is 40.1 Å². The number of benzene rings is 1. The number of allylic oxidation sites excluding steroid dienone is 1. The first-order valence-electron chi connectivity index (χ1n) is 5.51. The molecular formula is C12H13BrN2O4. The highest BCUT2D eigenvalue weighted by Gasteiger charge is 2.27. The van der Waals surface area contributed by atoms with Crippen LogP contribution in [0.1, 0.15) is 13.8 Å². The van der Waals surface area contributed by atoms with Crippen LogP contribution in [0.25, 0.3) is 0 Å². The highest BCUT2D eigenvalue weighted by Crippen LogP contribution is 2.23. The molecule has 0 fully saturated rings. The molecule has 0 spiro atoms. The van der Waals surface area contributed by atoms with Crippen LogP contribution >= 0.6 is 15.9 Å². The number of nitrogens with zero attached hydrogens (tertiary/aromatic N) is 1. The normalized spacial score (nSPS) is 11.5. The second-order valence-corrected chi connectivity index (χ2v) is 4.41. The summed E-state index contributed by atoms with van der Waals surface area (Å²) in [6.07, 6.45) is 0. The Labute approximate surface area is 118 Å². The highest BCUT2D eigenvalue weighted by atomic mass is 79.9. The first-order valence-corrected chi connectivity index (χ1v) is 6.30. The lowest BCUT2D eigenvalue weighted by atomic mass is 10.3. The van der Waals surface area contributed by atoms with Crippen LogP contribution in [0.5, 0.6) is 0 Å². The van der Waals surface area contributed by atoms with Gasteiger partial charge in [-0.05, 0) is 41.9 Å². The second kappa shape index (κ2) is 6.89. The van der Waals surface area contributed by atoms with E-state index in [0.717, 1.165) is 4.47 Å². The summed E-state index contributed by atoms with van der Waals surface area (Å²) >= 11 is 3.31. The number of esters is 1. The molecule has 0 amide bonds. The van der Waals surface area contributed by atoms with E-state index in [1.165, 1.54) is 6.92 Å². The fourth-order valence-corrected chi connectivity index (χ4v) is 1.77. The van der Waals surface area contributed by atoms with E-state index in [9.17, 15) is 14.9 Å². The van der Waals surface area contributed by atoms with Gasteiger partial charge in [-0.2, -0.15) is 0 Å². The third-order valence-electron chi connectivity index (χ3n) is 2.20. The van der Waals surface area contributed by atoms with Gasteiger partial charge in [-0.15, -0.1) is 0 Å². The molecule has 0 aliphatic rings. The minimum absolute atomic E-state index is 0.0818. The van der Waals surface area contributed by atoms with Crippen molar-refractivity contribution < 1.29 is 14.5 Å². The van der Waals surface area contributed by atoms with Crippen LogP contribution in [0.4, 0.5) is 5.69 Å². The molecule has 0 aliphatic carbocycles. The number of anilines is 1. The Balaban J connectivity index is 3.07. The van der Waals surface area contributed by atoms with Crippen molar-refractivity contribution >= 4 is 27.6 Å². The van der Waals surface area contributed by atoms with Gasteiger partial charge in [-0.1, -0.05) is 12.1 Å². The van der Waals surface area contributed by atoms with E-state index in [4.69, 9.17) is 0 Å². The first-order chi connectivity index (χ1) is 8.97. The van der Waals surface area contributed by atoms with Crippen LogP contribution < -0.4 is 5.32 Å². The predicted molar refractivity (Wildman–Crippen MR) is 74.1 cm³/mol. The third kappa shape index (κ3) is 4.06. The number of rotatable bonds is 5. The number of hydrogen-bond acceptors (Lipinski definition) is 5. The van der Waals surface area contributed by atoms with E-state index in [2.05, 4.69) is 26.0 Å². The van der Waals surface area contributed by atoms with Gasteiger partial charge in [0.15, 0.2) is 0 Å². The number of nitrogens with one attached hydrogen (secondary N) is 1. The third-order valence-corrected chi connectivity index (χ3v) is 2.89. The van der Waals surface area contributed by atoms with Crippen molar-refractivity contribution in [2.24, 2.45) is 0 Å². The molecule has 102 valence electrons. The molecule has 0 aliphatic heterocycles. The van der Waals surface area contributed by atoms with Gasteiger partial charge in [0.25, 0.3) is 0 Å². The fraction of sp³-hybridized carbons (Fsp3) is 0.250. The lowest BCUT2D eigenvalue weighted by Crippen LogP contribution is -2.19. The molecule has 0 atom stereocenters. The molecule has 0 radical (unpaired) electrons. The van der Waals surface area contributed by atoms with Gasteiger partial charge in [0.1, 0.15) is 0 Å². The summed E-state index contributed by atoms with van der Waals surface area (Å²) < 4.78 is 5.40. The van der Waals surface area contributed by atoms with Crippen LogP contribution in [0.3, 0.4) is 0 Å². The molecule has 7 heteroatoms. The first kappa shape index (κ1) is 15.2. The average molecular weight is 329 g/mol. The molecule has 19 heavy (non-hydrogen) atoms. The van der Waals surface area contributed by atoms with Crippen molar-refractivity contribution in [3.8, 4) is 0 Å². The maximum absolute atomic E-state index is 11.5. The zero-order valence-corrected chi connectivity index (χ0v) is 12.1. The lowest BCUT2D eigenvalue weighted by Gasteiger charge is -2.09. The van der Waals surface area contributed by atoms with Crippen molar-refractivity contribution in [3.63, 3.8) is 0 Å². The van der Waals surface area contributed by atoms with E-state index in [0.29, 0.717) is 5.69 Å².